The van der Waals surface area contributed by atoms with Gasteiger partial charge < -0.3 is 12.2 Å². The van der Waals surface area contributed by atoms with Crippen molar-refractivity contribution in [2.24, 2.45) is 11.3 Å². The van der Waals surface area contributed by atoms with Crippen molar-refractivity contribution in [3.8, 4) is 0 Å². The molecular weight excluding hydrogens is 239 g/mol. The second-order valence-electron chi connectivity index (χ2n) is 5.83. The molecule has 0 N–H and O–H groups in total. The molecule has 0 fully saturated rings. The van der Waals surface area contributed by atoms with Crippen molar-refractivity contribution in [1.82, 2.24) is 0 Å². The van der Waals surface area contributed by atoms with Gasteiger partial charge in [0, 0.05) is 0 Å². The topological polar surface area (TPSA) is 14.1 Å². The van der Waals surface area contributed by atoms with Crippen LogP contribution in [0.4, 0.5) is 5.69 Å². The van der Waals surface area contributed by atoms with Crippen molar-refractivity contribution < 1.29 is 56.6 Å². The van der Waals surface area contributed by atoms with Crippen LogP contribution >= 0.6 is 0 Å². The first kappa shape index (κ1) is 23.6. The molecule has 0 heterocycles. The van der Waals surface area contributed by atoms with Gasteiger partial charge in [0.1, 0.15) is 0 Å². The van der Waals surface area contributed by atoms with Crippen LogP contribution in [0.5, 0.6) is 0 Å². The minimum atomic E-state index is 0. The average Bonchev–Trinajstić information content (AvgIpc) is 2.34. The Labute approximate surface area is 165 Å². The van der Waals surface area contributed by atoms with Gasteiger partial charge in [-0.2, -0.15) is 30.7 Å². The number of rotatable bonds is 3. The molecular formula is C17H20Li3N. The molecule has 1 atom stereocenters. The molecule has 0 radical (unpaired) electrons. The van der Waals surface area contributed by atoms with Crippen LogP contribution < -0.4 is 56.6 Å². The van der Waals surface area contributed by atoms with Crippen LogP contribution in [0.25, 0.3) is 16.1 Å². The van der Waals surface area contributed by atoms with Crippen LogP contribution in [0.15, 0.2) is 36.4 Å². The number of benzene rings is 2. The Morgan fingerprint density at radius 3 is 2.33 bits per heavy atom. The molecule has 0 aliphatic heterocycles. The molecule has 0 spiro atoms. The summed E-state index contributed by atoms with van der Waals surface area (Å²) in [5.74, 6) is 0.316. The molecule has 96 valence electrons. The van der Waals surface area contributed by atoms with E-state index in [2.05, 4.69) is 45.9 Å². The first-order valence-electron chi connectivity index (χ1n) is 6.38. The zero-order valence-corrected chi connectivity index (χ0v) is 14.4. The van der Waals surface area contributed by atoms with E-state index in [4.69, 9.17) is 5.32 Å². The van der Waals surface area contributed by atoms with Crippen LogP contribution in [0.2, 0.25) is 0 Å². The molecule has 0 aliphatic carbocycles. The molecule has 0 amide bonds. The Morgan fingerprint density at radius 2 is 1.71 bits per heavy atom. The van der Waals surface area contributed by atoms with Gasteiger partial charge in [0.2, 0.25) is 0 Å². The van der Waals surface area contributed by atoms with Gasteiger partial charge in [-0.1, -0.05) is 44.4 Å². The monoisotopic (exact) mass is 259 g/mol. The maximum Gasteiger partial charge on any atom is 1.00 e. The molecule has 4 heteroatoms. The normalized spacial score (nSPS) is 11.6. The van der Waals surface area contributed by atoms with Gasteiger partial charge in [0.05, 0.1) is 0 Å². The van der Waals surface area contributed by atoms with Gasteiger partial charge in [0.25, 0.3) is 0 Å². The number of fused-ring (bicyclic) bond motifs is 1. The third-order valence-corrected chi connectivity index (χ3v) is 3.40. The van der Waals surface area contributed by atoms with Crippen LogP contribution in [-0.2, 0) is 0 Å². The molecule has 2 aromatic carbocycles. The Bertz CT molecular complexity index is 530. The summed E-state index contributed by atoms with van der Waals surface area (Å²) in [6, 6.07) is 15.4. The van der Waals surface area contributed by atoms with Crippen LogP contribution in [-0.4, -0.2) is 6.54 Å². The fourth-order valence-electron chi connectivity index (χ4n) is 1.76. The summed E-state index contributed by atoms with van der Waals surface area (Å²) in [5, 5.41) is 7.09. The third kappa shape index (κ3) is 6.51. The minimum Gasteiger partial charge on any atom is -0.744 e. The molecule has 0 aliphatic rings. The van der Waals surface area contributed by atoms with E-state index >= 15 is 0 Å². The van der Waals surface area contributed by atoms with Crippen molar-refractivity contribution >= 4 is 16.5 Å². The van der Waals surface area contributed by atoms with Gasteiger partial charge in [0.15, 0.2) is 0 Å². The van der Waals surface area contributed by atoms with E-state index in [1.54, 1.807) is 0 Å². The van der Waals surface area contributed by atoms with E-state index < -0.39 is 0 Å². The van der Waals surface area contributed by atoms with Crippen molar-refractivity contribution in [2.45, 2.75) is 20.8 Å². The van der Waals surface area contributed by atoms with Crippen LogP contribution in [0, 0.1) is 24.3 Å². The molecule has 2 rings (SSSR count). The number of nitrogens with zero attached hydrogens (tertiary/aromatic N) is 1. The van der Waals surface area contributed by atoms with Crippen LogP contribution in [0.3, 0.4) is 0 Å². The molecule has 0 saturated heterocycles. The first-order chi connectivity index (χ1) is 8.48. The summed E-state index contributed by atoms with van der Waals surface area (Å²) in [7, 11) is 0. The van der Waals surface area contributed by atoms with E-state index in [1.807, 2.05) is 24.3 Å². The quantitative estimate of drug-likeness (QED) is 0.396. The molecule has 1 unspecified atom stereocenters. The summed E-state index contributed by atoms with van der Waals surface area (Å²) in [6.07, 6.45) is 0. The fraction of sp³-hybridized carbons (Fsp3) is 0.353. The number of hydrogen-bond acceptors (Lipinski definition) is 0. The average molecular weight is 259 g/mol. The Hall–Kier alpha value is 0.292. The van der Waals surface area contributed by atoms with Crippen molar-refractivity contribution in [3.05, 3.63) is 54.7 Å². The van der Waals surface area contributed by atoms with Gasteiger partial charge in [-0.05, 0) is 0 Å². The van der Waals surface area contributed by atoms with E-state index in [0.29, 0.717) is 5.92 Å². The molecule has 21 heavy (non-hydrogen) atoms. The third-order valence-electron chi connectivity index (χ3n) is 3.40. The summed E-state index contributed by atoms with van der Waals surface area (Å²) < 4.78 is 0. The fourth-order valence-corrected chi connectivity index (χ4v) is 1.76. The van der Waals surface area contributed by atoms with Crippen molar-refractivity contribution in [1.29, 1.82) is 0 Å². The van der Waals surface area contributed by atoms with E-state index in [1.165, 1.54) is 10.8 Å². The predicted octanol–water partition coefficient (Wildman–Crippen LogP) is -3.85. The molecule has 1 nitrogen and oxygen atoms in total. The summed E-state index contributed by atoms with van der Waals surface area (Å²) in [6.45, 7) is 11.6. The maximum absolute atomic E-state index is 4.71. The summed E-state index contributed by atoms with van der Waals surface area (Å²) >= 11 is 0. The molecule has 0 saturated carbocycles. The van der Waals surface area contributed by atoms with Crippen molar-refractivity contribution in [2.75, 3.05) is 6.54 Å². The second-order valence-corrected chi connectivity index (χ2v) is 5.83. The van der Waals surface area contributed by atoms with E-state index in [0.717, 1.165) is 12.2 Å². The molecule has 0 aromatic heterocycles. The Morgan fingerprint density at radius 1 is 1.10 bits per heavy atom. The standard InChI is InChI=1S/C17H20N.3Li/c1-13(17(2,3)4)12-18-16-11-7-9-14-8-5-6-10-15(14)16;;;/h5-6,8-11,13H,1,12H2,2-4H3;;;/q-3;3*+1. The smallest absolute Gasteiger partial charge is 0.744 e. The van der Waals surface area contributed by atoms with Crippen molar-refractivity contribution in [3.63, 3.8) is 0 Å². The summed E-state index contributed by atoms with van der Waals surface area (Å²) in [5.41, 5.74) is 1.21. The van der Waals surface area contributed by atoms with Gasteiger partial charge >= 0.3 is 56.6 Å². The van der Waals surface area contributed by atoms with Crippen LogP contribution in [0.1, 0.15) is 20.8 Å². The molecule has 0 bridgehead atoms. The van der Waals surface area contributed by atoms with Gasteiger partial charge in [-0.15, -0.1) is 16.8 Å². The zero-order chi connectivity index (χ0) is 13.2. The largest absolute Gasteiger partial charge is 1.00 e. The Kier molecular flexibility index (Phi) is 11.4. The minimum absolute atomic E-state index is 0. The Balaban J connectivity index is 0. The summed E-state index contributed by atoms with van der Waals surface area (Å²) in [4.78, 5) is 0. The molecule has 2 aromatic rings. The zero-order valence-electron chi connectivity index (χ0n) is 14.4. The van der Waals surface area contributed by atoms with E-state index in [9.17, 15) is 0 Å². The van der Waals surface area contributed by atoms with Gasteiger partial charge in [-0.25, -0.2) is 0 Å². The number of hydrogen-bond donors (Lipinski definition) is 0. The van der Waals surface area contributed by atoms with E-state index in [-0.39, 0.29) is 62.0 Å². The second kappa shape index (κ2) is 10.1. The van der Waals surface area contributed by atoms with Gasteiger partial charge in [-0.3, -0.25) is 5.69 Å². The predicted molar refractivity (Wildman–Crippen MR) is 79.0 cm³/mol. The SMILES string of the molecule is [CH2-]C(C[N-]c1c[c-]cc2ccccc12)C(C)(C)C.[Li+].[Li+].[Li+]. The first-order valence-corrected chi connectivity index (χ1v) is 6.38. The maximum atomic E-state index is 4.71.